The SMILES string of the molecule is COc1cccc(C=O)c1-c1cnn(-c2ccc(F)cc2)c1N. The molecule has 0 amide bonds. The Bertz CT molecular complexity index is 857. The smallest absolute Gasteiger partial charge is 0.150 e. The van der Waals surface area contributed by atoms with Crippen molar-refractivity contribution in [3.8, 4) is 22.6 Å². The quantitative estimate of drug-likeness (QED) is 0.752. The van der Waals surface area contributed by atoms with Crippen LogP contribution in [0, 0.1) is 5.82 Å². The Morgan fingerprint density at radius 3 is 2.61 bits per heavy atom. The van der Waals surface area contributed by atoms with Gasteiger partial charge in [0.05, 0.1) is 19.0 Å². The van der Waals surface area contributed by atoms with Crippen LogP contribution in [-0.4, -0.2) is 23.2 Å². The van der Waals surface area contributed by atoms with E-state index >= 15 is 0 Å². The lowest BCUT2D eigenvalue weighted by Gasteiger charge is -2.11. The van der Waals surface area contributed by atoms with E-state index in [4.69, 9.17) is 10.5 Å². The second kappa shape index (κ2) is 5.92. The molecule has 2 aromatic carbocycles. The van der Waals surface area contributed by atoms with Crippen LogP contribution in [-0.2, 0) is 0 Å². The molecule has 6 heteroatoms. The Morgan fingerprint density at radius 2 is 1.96 bits per heavy atom. The summed E-state index contributed by atoms with van der Waals surface area (Å²) < 4.78 is 19.9. The van der Waals surface area contributed by atoms with Crippen LogP contribution in [0.25, 0.3) is 16.8 Å². The minimum absolute atomic E-state index is 0.337. The van der Waals surface area contributed by atoms with Crippen molar-refractivity contribution in [2.45, 2.75) is 0 Å². The molecule has 0 bridgehead atoms. The van der Waals surface area contributed by atoms with Crippen LogP contribution in [0.2, 0.25) is 0 Å². The maximum atomic E-state index is 13.1. The Hall–Kier alpha value is -3.15. The van der Waals surface area contributed by atoms with E-state index in [1.54, 1.807) is 36.5 Å². The second-order valence-corrected chi connectivity index (χ2v) is 4.87. The monoisotopic (exact) mass is 311 g/mol. The first-order chi connectivity index (χ1) is 11.2. The molecule has 0 aliphatic carbocycles. The van der Waals surface area contributed by atoms with Gasteiger partial charge in [0.1, 0.15) is 17.4 Å². The maximum absolute atomic E-state index is 13.1. The summed E-state index contributed by atoms with van der Waals surface area (Å²) in [6.45, 7) is 0. The Labute approximate surface area is 132 Å². The first-order valence-corrected chi connectivity index (χ1v) is 6.87. The summed E-state index contributed by atoms with van der Waals surface area (Å²) in [6, 6.07) is 11.0. The van der Waals surface area contributed by atoms with E-state index in [0.717, 1.165) is 6.29 Å². The highest BCUT2D eigenvalue weighted by molar-refractivity contribution is 5.93. The van der Waals surface area contributed by atoms with Crippen LogP contribution < -0.4 is 10.5 Å². The van der Waals surface area contributed by atoms with Gasteiger partial charge in [-0.3, -0.25) is 4.79 Å². The van der Waals surface area contributed by atoms with Crippen LogP contribution in [0.4, 0.5) is 10.2 Å². The highest BCUT2D eigenvalue weighted by atomic mass is 19.1. The van der Waals surface area contributed by atoms with Gasteiger partial charge in [0.15, 0.2) is 6.29 Å². The van der Waals surface area contributed by atoms with Crippen LogP contribution in [0.1, 0.15) is 10.4 Å². The summed E-state index contributed by atoms with van der Waals surface area (Å²) in [5.74, 6) is 0.525. The van der Waals surface area contributed by atoms with E-state index in [9.17, 15) is 9.18 Å². The summed E-state index contributed by atoms with van der Waals surface area (Å²) in [5, 5.41) is 4.24. The van der Waals surface area contributed by atoms with Crippen LogP contribution in [0.15, 0.2) is 48.7 Å². The molecule has 0 radical (unpaired) electrons. The molecule has 0 spiro atoms. The maximum Gasteiger partial charge on any atom is 0.150 e. The average molecular weight is 311 g/mol. The Balaban J connectivity index is 2.17. The van der Waals surface area contributed by atoms with E-state index in [0.29, 0.717) is 33.9 Å². The van der Waals surface area contributed by atoms with Crippen molar-refractivity contribution in [3.63, 3.8) is 0 Å². The number of aromatic nitrogens is 2. The fourth-order valence-corrected chi connectivity index (χ4v) is 2.44. The molecule has 0 unspecified atom stereocenters. The minimum Gasteiger partial charge on any atom is -0.496 e. The number of halogens is 1. The molecule has 3 aromatic rings. The van der Waals surface area contributed by atoms with Crippen molar-refractivity contribution in [2.24, 2.45) is 0 Å². The third kappa shape index (κ3) is 2.55. The van der Waals surface area contributed by atoms with Crippen molar-refractivity contribution in [1.29, 1.82) is 0 Å². The number of ether oxygens (including phenoxy) is 1. The summed E-state index contributed by atoms with van der Waals surface area (Å²) >= 11 is 0. The van der Waals surface area contributed by atoms with Crippen molar-refractivity contribution in [1.82, 2.24) is 9.78 Å². The lowest BCUT2D eigenvalue weighted by Crippen LogP contribution is -2.03. The predicted molar refractivity (Wildman–Crippen MR) is 85.3 cm³/mol. The molecule has 5 nitrogen and oxygen atoms in total. The van der Waals surface area contributed by atoms with Crippen molar-refractivity contribution >= 4 is 12.1 Å². The zero-order valence-electron chi connectivity index (χ0n) is 12.4. The van der Waals surface area contributed by atoms with E-state index < -0.39 is 0 Å². The number of anilines is 1. The van der Waals surface area contributed by atoms with Gasteiger partial charge in [-0.15, -0.1) is 0 Å². The fourth-order valence-electron chi connectivity index (χ4n) is 2.44. The highest BCUT2D eigenvalue weighted by Gasteiger charge is 2.18. The summed E-state index contributed by atoms with van der Waals surface area (Å²) in [7, 11) is 1.52. The molecule has 3 rings (SSSR count). The molecule has 0 fully saturated rings. The van der Waals surface area contributed by atoms with Gasteiger partial charge in [-0.2, -0.15) is 5.10 Å². The molecule has 116 valence electrons. The lowest BCUT2D eigenvalue weighted by atomic mass is 10.0. The number of carbonyl (C=O) groups is 1. The van der Waals surface area contributed by atoms with Gasteiger partial charge in [0.2, 0.25) is 0 Å². The molecular formula is C17H14FN3O2. The largest absolute Gasteiger partial charge is 0.496 e. The molecule has 2 N–H and O–H groups in total. The van der Waals surface area contributed by atoms with Crippen molar-refractivity contribution in [3.05, 3.63) is 60.0 Å². The van der Waals surface area contributed by atoms with E-state index in [2.05, 4.69) is 5.10 Å². The normalized spacial score (nSPS) is 10.5. The number of rotatable bonds is 4. The first-order valence-electron chi connectivity index (χ1n) is 6.87. The summed E-state index contributed by atoms with van der Waals surface area (Å²) in [4.78, 5) is 11.3. The van der Waals surface area contributed by atoms with Gasteiger partial charge < -0.3 is 10.5 Å². The van der Waals surface area contributed by atoms with Crippen molar-refractivity contribution in [2.75, 3.05) is 12.8 Å². The number of nitrogens with zero attached hydrogens (tertiary/aromatic N) is 2. The van der Waals surface area contributed by atoms with Crippen LogP contribution in [0.3, 0.4) is 0 Å². The third-order valence-electron chi connectivity index (χ3n) is 3.55. The van der Waals surface area contributed by atoms with Crippen LogP contribution >= 0.6 is 0 Å². The van der Waals surface area contributed by atoms with Crippen molar-refractivity contribution < 1.29 is 13.9 Å². The molecular weight excluding hydrogens is 297 g/mol. The summed E-state index contributed by atoms with van der Waals surface area (Å²) in [5.41, 5.74) is 8.42. The Morgan fingerprint density at radius 1 is 1.22 bits per heavy atom. The first kappa shape index (κ1) is 14.8. The number of aldehydes is 1. The Kier molecular flexibility index (Phi) is 3.80. The van der Waals surface area contributed by atoms with E-state index in [-0.39, 0.29) is 5.82 Å². The van der Waals surface area contributed by atoms with Gasteiger partial charge in [-0.1, -0.05) is 12.1 Å². The standard InChI is InChI=1S/C17H14FN3O2/c1-23-15-4-2-3-11(10-22)16(15)14-9-20-21(17(14)19)13-7-5-12(18)6-8-13/h2-10H,19H2,1H3. The van der Waals surface area contributed by atoms with Gasteiger partial charge in [0, 0.05) is 16.7 Å². The zero-order chi connectivity index (χ0) is 16.4. The molecule has 0 atom stereocenters. The fraction of sp³-hybridized carbons (Fsp3) is 0.0588. The molecule has 0 saturated heterocycles. The third-order valence-corrected chi connectivity index (χ3v) is 3.55. The molecule has 0 aliphatic heterocycles. The number of hydrogen-bond acceptors (Lipinski definition) is 4. The number of nitrogens with two attached hydrogens (primary N) is 1. The van der Waals surface area contributed by atoms with Gasteiger partial charge in [-0.05, 0) is 30.3 Å². The molecule has 0 aliphatic rings. The minimum atomic E-state index is -0.340. The lowest BCUT2D eigenvalue weighted by molar-refractivity contribution is 0.112. The van der Waals surface area contributed by atoms with Gasteiger partial charge >= 0.3 is 0 Å². The zero-order valence-corrected chi connectivity index (χ0v) is 12.4. The predicted octanol–water partition coefficient (Wildman–Crippen LogP) is 3.08. The molecule has 0 saturated carbocycles. The molecule has 1 aromatic heterocycles. The molecule has 1 heterocycles. The number of methoxy groups -OCH3 is 1. The number of nitrogen functional groups attached to an aromatic ring is 1. The number of hydrogen-bond donors (Lipinski definition) is 1. The topological polar surface area (TPSA) is 70.1 Å². The number of carbonyl (C=O) groups excluding carboxylic acids is 1. The second-order valence-electron chi connectivity index (χ2n) is 4.87. The van der Waals surface area contributed by atoms with Crippen LogP contribution in [0.5, 0.6) is 5.75 Å². The highest BCUT2D eigenvalue weighted by Crippen LogP contribution is 2.36. The molecule has 23 heavy (non-hydrogen) atoms. The van der Waals surface area contributed by atoms with Gasteiger partial charge in [0.25, 0.3) is 0 Å². The van der Waals surface area contributed by atoms with E-state index in [1.807, 2.05) is 0 Å². The van der Waals surface area contributed by atoms with E-state index in [1.165, 1.54) is 23.9 Å². The number of benzene rings is 2. The summed E-state index contributed by atoms with van der Waals surface area (Å²) in [6.07, 6.45) is 2.30. The van der Waals surface area contributed by atoms with Gasteiger partial charge in [-0.25, -0.2) is 9.07 Å². The average Bonchev–Trinajstić information content (AvgIpc) is 2.96.